The number of urea groups is 1. The molecule has 0 spiro atoms. The van der Waals surface area contributed by atoms with Crippen molar-refractivity contribution in [3.05, 3.63) is 35.6 Å². The number of hydrogen-bond acceptors (Lipinski definition) is 3. The molecule has 1 heterocycles. The van der Waals surface area contributed by atoms with Crippen LogP contribution in [-0.4, -0.2) is 49.2 Å². The Morgan fingerprint density at radius 2 is 2.27 bits per heavy atom. The first-order valence-corrected chi connectivity index (χ1v) is 7.21. The molecule has 3 N–H and O–H groups in total. The van der Waals surface area contributed by atoms with Crippen LogP contribution in [0.2, 0.25) is 0 Å². The second kappa shape index (κ2) is 7.74. The Morgan fingerprint density at radius 1 is 1.45 bits per heavy atom. The van der Waals surface area contributed by atoms with E-state index in [0.717, 1.165) is 5.56 Å². The maximum atomic E-state index is 13.2. The van der Waals surface area contributed by atoms with Crippen LogP contribution in [-0.2, 0) is 16.0 Å². The third kappa shape index (κ3) is 5.00. The fraction of sp³-hybridized carbons (Fsp3) is 0.467. The van der Waals surface area contributed by atoms with Gasteiger partial charge in [-0.1, -0.05) is 12.1 Å². The van der Waals surface area contributed by atoms with Gasteiger partial charge in [-0.05, 0) is 17.7 Å². The van der Waals surface area contributed by atoms with E-state index in [2.05, 4.69) is 5.32 Å². The lowest BCUT2D eigenvalue weighted by molar-refractivity contribution is -0.138. The van der Waals surface area contributed by atoms with Gasteiger partial charge < -0.3 is 20.7 Å². The number of morpholine rings is 1. The Balaban J connectivity index is 1.83. The number of primary amides is 1. The highest BCUT2D eigenvalue weighted by molar-refractivity contribution is 5.77. The third-order valence-electron chi connectivity index (χ3n) is 3.48. The zero-order valence-electron chi connectivity index (χ0n) is 12.3. The Kier molecular flexibility index (Phi) is 5.71. The number of nitrogens with two attached hydrogens (primary N) is 1. The second-order valence-electron chi connectivity index (χ2n) is 5.21. The Morgan fingerprint density at radius 3 is 3.00 bits per heavy atom. The smallest absolute Gasteiger partial charge is 0.312 e. The number of carbonyl (C=O) groups excluding carboxylic acids is 2. The van der Waals surface area contributed by atoms with Crippen LogP contribution in [0.25, 0.3) is 0 Å². The number of ether oxygens (including phenoxy) is 1. The van der Waals surface area contributed by atoms with Gasteiger partial charge >= 0.3 is 6.03 Å². The summed E-state index contributed by atoms with van der Waals surface area (Å²) < 4.78 is 18.8. The first kappa shape index (κ1) is 16.2. The molecular formula is C15H20FN3O3. The van der Waals surface area contributed by atoms with Crippen LogP contribution in [0.1, 0.15) is 12.0 Å². The molecule has 0 aliphatic carbocycles. The van der Waals surface area contributed by atoms with Crippen molar-refractivity contribution in [3.8, 4) is 0 Å². The summed E-state index contributed by atoms with van der Waals surface area (Å²) in [5, 5.41) is 2.39. The summed E-state index contributed by atoms with van der Waals surface area (Å²) >= 11 is 0. The van der Waals surface area contributed by atoms with Gasteiger partial charge in [0.25, 0.3) is 0 Å². The molecule has 3 amide bonds. The van der Waals surface area contributed by atoms with E-state index < -0.39 is 6.03 Å². The van der Waals surface area contributed by atoms with Crippen molar-refractivity contribution in [1.29, 1.82) is 0 Å². The summed E-state index contributed by atoms with van der Waals surface area (Å²) in [6.07, 6.45) is 0.611. The van der Waals surface area contributed by atoms with Crippen LogP contribution in [0, 0.1) is 5.82 Å². The van der Waals surface area contributed by atoms with E-state index in [-0.39, 0.29) is 30.8 Å². The molecule has 0 bridgehead atoms. The van der Waals surface area contributed by atoms with Gasteiger partial charge in [0.05, 0.1) is 12.7 Å². The van der Waals surface area contributed by atoms with Gasteiger partial charge in [-0.25, -0.2) is 9.18 Å². The first-order valence-electron chi connectivity index (χ1n) is 7.21. The molecule has 0 radical (unpaired) electrons. The van der Waals surface area contributed by atoms with Gasteiger partial charge in [0.2, 0.25) is 5.91 Å². The standard InChI is InChI=1S/C15H20FN3O3/c16-12-3-1-2-11(8-12)9-13-10-19(6-7-22-13)14(20)4-5-18-15(17)21/h1-3,8,13H,4-7,9-10H2,(H3,17,18,21)/t13-/m0/s1. The van der Waals surface area contributed by atoms with Gasteiger partial charge in [0, 0.05) is 32.5 Å². The summed E-state index contributed by atoms with van der Waals surface area (Å²) in [4.78, 5) is 24.3. The van der Waals surface area contributed by atoms with E-state index in [9.17, 15) is 14.0 Å². The summed E-state index contributed by atoms with van der Waals surface area (Å²) in [6, 6.07) is 5.72. The van der Waals surface area contributed by atoms with Gasteiger partial charge in [0.15, 0.2) is 0 Å². The summed E-state index contributed by atoms with van der Waals surface area (Å²) in [6.45, 7) is 1.66. The molecular weight excluding hydrogens is 289 g/mol. The fourth-order valence-corrected chi connectivity index (χ4v) is 2.45. The molecule has 0 saturated carbocycles. The van der Waals surface area contributed by atoms with Crippen molar-refractivity contribution in [3.63, 3.8) is 0 Å². The van der Waals surface area contributed by atoms with Crippen molar-refractivity contribution >= 4 is 11.9 Å². The van der Waals surface area contributed by atoms with Crippen molar-refractivity contribution in [2.45, 2.75) is 18.9 Å². The maximum Gasteiger partial charge on any atom is 0.312 e. The molecule has 7 heteroatoms. The number of rotatable bonds is 5. The van der Waals surface area contributed by atoms with Gasteiger partial charge in [-0.15, -0.1) is 0 Å². The minimum Gasteiger partial charge on any atom is -0.374 e. The number of nitrogens with one attached hydrogen (secondary N) is 1. The third-order valence-corrected chi connectivity index (χ3v) is 3.48. The zero-order valence-corrected chi connectivity index (χ0v) is 12.3. The summed E-state index contributed by atoms with van der Waals surface area (Å²) in [5.74, 6) is -0.333. The molecule has 6 nitrogen and oxygen atoms in total. The molecule has 1 aromatic rings. The van der Waals surface area contributed by atoms with Gasteiger partial charge in [0.1, 0.15) is 5.82 Å². The number of carbonyl (C=O) groups is 2. The van der Waals surface area contributed by atoms with E-state index in [0.29, 0.717) is 26.1 Å². The average molecular weight is 309 g/mol. The highest BCUT2D eigenvalue weighted by atomic mass is 19.1. The van der Waals surface area contributed by atoms with Crippen LogP contribution < -0.4 is 11.1 Å². The SMILES string of the molecule is NC(=O)NCCC(=O)N1CCO[C@@H](Cc2cccc(F)c2)C1. The Bertz CT molecular complexity index is 539. The van der Waals surface area contributed by atoms with E-state index in [1.54, 1.807) is 11.0 Å². The summed E-state index contributed by atoms with van der Waals surface area (Å²) in [5.41, 5.74) is 5.79. The molecule has 1 aliphatic rings. The molecule has 1 aliphatic heterocycles. The molecule has 1 atom stereocenters. The number of halogens is 1. The Labute approximate surface area is 128 Å². The van der Waals surface area contributed by atoms with Crippen molar-refractivity contribution < 1.29 is 18.7 Å². The number of hydrogen-bond donors (Lipinski definition) is 2. The maximum absolute atomic E-state index is 13.2. The highest BCUT2D eigenvalue weighted by Crippen LogP contribution is 2.13. The average Bonchev–Trinajstić information content (AvgIpc) is 2.47. The molecule has 1 fully saturated rings. The van der Waals surface area contributed by atoms with Crippen LogP contribution in [0.4, 0.5) is 9.18 Å². The van der Waals surface area contributed by atoms with Crippen molar-refractivity contribution in [1.82, 2.24) is 10.2 Å². The summed E-state index contributed by atoms with van der Waals surface area (Å²) in [7, 11) is 0. The molecule has 22 heavy (non-hydrogen) atoms. The van der Waals surface area contributed by atoms with Gasteiger partial charge in [-0.2, -0.15) is 0 Å². The number of amides is 3. The molecule has 2 rings (SSSR count). The van der Waals surface area contributed by atoms with Crippen LogP contribution in [0.3, 0.4) is 0 Å². The lowest BCUT2D eigenvalue weighted by Crippen LogP contribution is -2.47. The van der Waals surface area contributed by atoms with Crippen LogP contribution >= 0.6 is 0 Å². The molecule has 0 aromatic heterocycles. The van der Waals surface area contributed by atoms with Crippen LogP contribution in [0.5, 0.6) is 0 Å². The van der Waals surface area contributed by atoms with Crippen molar-refractivity contribution in [2.24, 2.45) is 5.73 Å². The Hall–Kier alpha value is -2.15. The van der Waals surface area contributed by atoms with Crippen molar-refractivity contribution in [2.75, 3.05) is 26.2 Å². The molecule has 0 unspecified atom stereocenters. The molecule has 1 aromatic carbocycles. The van der Waals surface area contributed by atoms with Gasteiger partial charge in [-0.3, -0.25) is 4.79 Å². The van der Waals surface area contributed by atoms with Crippen LogP contribution in [0.15, 0.2) is 24.3 Å². The molecule has 1 saturated heterocycles. The lowest BCUT2D eigenvalue weighted by Gasteiger charge is -2.33. The number of nitrogens with zero attached hydrogens (tertiary/aromatic N) is 1. The number of benzene rings is 1. The normalized spacial score (nSPS) is 18.0. The quantitative estimate of drug-likeness (QED) is 0.837. The van der Waals surface area contributed by atoms with E-state index in [1.807, 2.05) is 6.07 Å². The predicted octanol–water partition coefficient (Wildman–Crippen LogP) is 0.654. The fourth-order valence-electron chi connectivity index (χ4n) is 2.45. The monoisotopic (exact) mass is 309 g/mol. The highest BCUT2D eigenvalue weighted by Gasteiger charge is 2.24. The molecule has 120 valence electrons. The predicted molar refractivity (Wildman–Crippen MR) is 78.6 cm³/mol. The largest absolute Gasteiger partial charge is 0.374 e. The lowest BCUT2D eigenvalue weighted by atomic mass is 10.1. The minimum absolute atomic E-state index is 0.0544. The topological polar surface area (TPSA) is 84.7 Å². The first-order chi connectivity index (χ1) is 10.5. The minimum atomic E-state index is -0.640. The zero-order chi connectivity index (χ0) is 15.9. The van der Waals surface area contributed by atoms with E-state index in [1.165, 1.54) is 12.1 Å². The van der Waals surface area contributed by atoms with E-state index >= 15 is 0 Å². The van der Waals surface area contributed by atoms with E-state index in [4.69, 9.17) is 10.5 Å². The second-order valence-corrected chi connectivity index (χ2v) is 5.21.